The smallest absolute Gasteiger partial charge is 0.120 e. The van der Waals surface area contributed by atoms with Gasteiger partial charge in [-0.1, -0.05) is 24.6 Å². The molecule has 0 fully saturated rings. The van der Waals surface area contributed by atoms with Gasteiger partial charge in [0, 0.05) is 5.02 Å². The molecule has 0 aliphatic carbocycles. The van der Waals surface area contributed by atoms with Crippen molar-refractivity contribution < 1.29 is 4.74 Å². The quantitative estimate of drug-likeness (QED) is 0.734. The lowest BCUT2D eigenvalue weighted by molar-refractivity contribution is 0.309. The first-order valence-corrected chi connectivity index (χ1v) is 5.30. The molecule has 1 N–H and O–H groups in total. The summed E-state index contributed by atoms with van der Waals surface area (Å²) in [5, 5.41) is 3.96. The fourth-order valence-corrected chi connectivity index (χ4v) is 1.30. The van der Waals surface area contributed by atoms with Crippen molar-refractivity contribution in [1.82, 2.24) is 5.32 Å². The summed E-state index contributed by atoms with van der Waals surface area (Å²) in [7, 11) is 0. The molecule has 0 heterocycles. The monoisotopic (exact) mass is 213 g/mol. The number of hydrogen-bond donors (Lipinski definition) is 1. The molecule has 0 aromatic heterocycles. The zero-order valence-electron chi connectivity index (χ0n) is 8.42. The van der Waals surface area contributed by atoms with Gasteiger partial charge in [0.05, 0.1) is 6.61 Å². The van der Waals surface area contributed by atoms with E-state index in [0.29, 0.717) is 5.02 Å². The summed E-state index contributed by atoms with van der Waals surface area (Å²) < 4.78 is 5.51. The van der Waals surface area contributed by atoms with E-state index in [9.17, 15) is 0 Å². The van der Waals surface area contributed by atoms with E-state index in [-0.39, 0.29) is 0 Å². The van der Waals surface area contributed by atoms with Crippen molar-refractivity contribution in [3.05, 3.63) is 29.3 Å². The maximum absolute atomic E-state index is 5.82. The summed E-state index contributed by atoms with van der Waals surface area (Å²) in [5.41, 5.74) is 0. The van der Waals surface area contributed by atoms with E-state index in [1.165, 1.54) is 0 Å². The molecule has 14 heavy (non-hydrogen) atoms. The Morgan fingerprint density at radius 3 is 3.00 bits per heavy atom. The van der Waals surface area contributed by atoms with Crippen molar-refractivity contribution in [3.63, 3.8) is 0 Å². The van der Waals surface area contributed by atoms with Crippen molar-refractivity contribution in [1.29, 1.82) is 0 Å². The summed E-state index contributed by atoms with van der Waals surface area (Å²) >= 11 is 5.82. The lowest BCUT2D eigenvalue weighted by Gasteiger charge is -2.06. The molecule has 1 rings (SSSR count). The molecule has 0 spiro atoms. The minimum absolute atomic E-state index is 0.717. The molecule has 3 heteroatoms. The van der Waals surface area contributed by atoms with Crippen LogP contribution in [0.25, 0.3) is 0 Å². The Hall–Kier alpha value is -0.730. The van der Waals surface area contributed by atoms with Crippen LogP contribution in [0.5, 0.6) is 5.75 Å². The molecule has 0 unspecified atom stereocenters. The number of ether oxygens (including phenoxy) is 1. The van der Waals surface area contributed by atoms with E-state index in [4.69, 9.17) is 16.3 Å². The van der Waals surface area contributed by atoms with Gasteiger partial charge in [-0.25, -0.2) is 0 Å². The number of hydrogen-bond acceptors (Lipinski definition) is 2. The van der Waals surface area contributed by atoms with Crippen LogP contribution in [0, 0.1) is 0 Å². The Balaban J connectivity index is 2.18. The van der Waals surface area contributed by atoms with Crippen molar-refractivity contribution in [3.8, 4) is 5.75 Å². The molecule has 0 atom stereocenters. The molecule has 0 radical (unpaired) electrons. The highest BCUT2D eigenvalue weighted by Gasteiger charge is 1.94. The second kappa shape index (κ2) is 6.68. The molecule has 0 saturated carbocycles. The molecule has 0 aliphatic rings. The fourth-order valence-electron chi connectivity index (χ4n) is 1.12. The average molecular weight is 214 g/mol. The highest BCUT2D eigenvalue weighted by Crippen LogP contribution is 2.16. The van der Waals surface area contributed by atoms with E-state index >= 15 is 0 Å². The maximum Gasteiger partial charge on any atom is 0.120 e. The Morgan fingerprint density at radius 2 is 2.29 bits per heavy atom. The highest BCUT2D eigenvalue weighted by atomic mass is 35.5. The zero-order valence-corrected chi connectivity index (χ0v) is 9.18. The van der Waals surface area contributed by atoms with E-state index in [2.05, 4.69) is 12.2 Å². The number of rotatable bonds is 6. The van der Waals surface area contributed by atoms with Gasteiger partial charge in [0.15, 0.2) is 0 Å². The third-order valence-corrected chi connectivity index (χ3v) is 2.05. The minimum Gasteiger partial charge on any atom is -0.493 e. The Kier molecular flexibility index (Phi) is 5.42. The van der Waals surface area contributed by atoms with Crippen LogP contribution in [0.1, 0.15) is 13.3 Å². The summed E-state index contributed by atoms with van der Waals surface area (Å²) in [5.74, 6) is 0.842. The molecule has 1 aromatic carbocycles. The molecule has 1 aromatic rings. The van der Waals surface area contributed by atoms with Crippen LogP contribution in [0.2, 0.25) is 5.02 Å². The van der Waals surface area contributed by atoms with Crippen molar-refractivity contribution in [2.24, 2.45) is 0 Å². The Bertz CT molecular complexity index is 265. The van der Waals surface area contributed by atoms with Gasteiger partial charge in [-0.3, -0.25) is 0 Å². The van der Waals surface area contributed by atoms with Crippen LogP contribution in [-0.4, -0.2) is 19.7 Å². The zero-order chi connectivity index (χ0) is 10.2. The van der Waals surface area contributed by atoms with Crippen LogP contribution in [0.3, 0.4) is 0 Å². The van der Waals surface area contributed by atoms with Crippen LogP contribution in [0.15, 0.2) is 24.3 Å². The molecular weight excluding hydrogens is 198 g/mol. The number of nitrogens with one attached hydrogen (secondary N) is 1. The molecule has 0 amide bonds. The molecule has 0 saturated heterocycles. The first kappa shape index (κ1) is 11.3. The summed E-state index contributed by atoms with van der Waals surface area (Å²) in [4.78, 5) is 0. The number of benzene rings is 1. The maximum atomic E-state index is 5.82. The normalized spacial score (nSPS) is 10.1. The molecule has 0 aliphatic heterocycles. The van der Waals surface area contributed by atoms with Crippen LogP contribution in [0.4, 0.5) is 0 Å². The minimum atomic E-state index is 0.717. The number of halogens is 1. The van der Waals surface area contributed by atoms with Crippen molar-refractivity contribution >= 4 is 11.6 Å². The highest BCUT2D eigenvalue weighted by molar-refractivity contribution is 6.30. The van der Waals surface area contributed by atoms with Gasteiger partial charge < -0.3 is 10.1 Å². The predicted octanol–water partition coefficient (Wildman–Crippen LogP) is 2.72. The van der Waals surface area contributed by atoms with Crippen LogP contribution in [-0.2, 0) is 0 Å². The van der Waals surface area contributed by atoms with Crippen LogP contribution >= 0.6 is 11.6 Å². The SMILES string of the molecule is CCNCCCOc1cccc(Cl)c1. The van der Waals surface area contributed by atoms with Crippen molar-refractivity contribution in [2.75, 3.05) is 19.7 Å². The predicted molar refractivity (Wildman–Crippen MR) is 60.1 cm³/mol. The molecule has 0 bridgehead atoms. The third kappa shape index (κ3) is 4.49. The lowest BCUT2D eigenvalue weighted by atomic mass is 10.3. The van der Waals surface area contributed by atoms with Gasteiger partial charge in [-0.2, -0.15) is 0 Å². The Morgan fingerprint density at radius 1 is 1.43 bits per heavy atom. The van der Waals surface area contributed by atoms with Crippen LogP contribution < -0.4 is 10.1 Å². The molecule has 78 valence electrons. The van der Waals surface area contributed by atoms with Gasteiger partial charge in [0.2, 0.25) is 0 Å². The molecule has 2 nitrogen and oxygen atoms in total. The van der Waals surface area contributed by atoms with E-state index in [1.807, 2.05) is 24.3 Å². The second-order valence-electron chi connectivity index (χ2n) is 3.01. The summed E-state index contributed by atoms with van der Waals surface area (Å²) in [6, 6.07) is 7.48. The Labute approximate surface area is 90.2 Å². The van der Waals surface area contributed by atoms with Gasteiger partial charge in [0.1, 0.15) is 5.75 Å². The lowest BCUT2D eigenvalue weighted by Crippen LogP contribution is -2.16. The van der Waals surface area contributed by atoms with Gasteiger partial charge in [-0.15, -0.1) is 0 Å². The fraction of sp³-hybridized carbons (Fsp3) is 0.455. The second-order valence-corrected chi connectivity index (χ2v) is 3.45. The molecular formula is C11H16ClNO. The van der Waals surface area contributed by atoms with E-state index in [1.54, 1.807) is 0 Å². The van der Waals surface area contributed by atoms with Crippen molar-refractivity contribution in [2.45, 2.75) is 13.3 Å². The first-order valence-electron chi connectivity index (χ1n) is 4.92. The summed E-state index contributed by atoms with van der Waals surface area (Å²) in [6.07, 6.45) is 1.01. The average Bonchev–Trinajstić information content (AvgIpc) is 2.18. The van der Waals surface area contributed by atoms with Gasteiger partial charge >= 0.3 is 0 Å². The topological polar surface area (TPSA) is 21.3 Å². The third-order valence-electron chi connectivity index (χ3n) is 1.81. The van der Waals surface area contributed by atoms with E-state index < -0.39 is 0 Å². The summed E-state index contributed by atoms with van der Waals surface area (Å²) in [6.45, 7) is 4.83. The largest absolute Gasteiger partial charge is 0.493 e. The standard InChI is InChI=1S/C11H16ClNO/c1-2-13-7-4-8-14-11-6-3-5-10(12)9-11/h3,5-6,9,13H,2,4,7-8H2,1H3. The van der Waals surface area contributed by atoms with Gasteiger partial charge in [0.25, 0.3) is 0 Å². The first-order chi connectivity index (χ1) is 6.83. The van der Waals surface area contributed by atoms with Gasteiger partial charge in [-0.05, 0) is 37.7 Å². The van der Waals surface area contributed by atoms with E-state index in [0.717, 1.165) is 31.9 Å².